The SMILES string of the molecule is CC(C)(C)c1ccc(CC(C)(C)c2ccc(F)cc2)cc1. The van der Waals surface area contributed by atoms with Crippen molar-refractivity contribution in [1.82, 2.24) is 0 Å². The molecule has 0 atom stereocenters. The Balaban J connectivity index is 2.18. The zero-order valence-electron chi connectivity index (χ0n) is 13.7. The molecule has 1 heteroatoms. The van der Waals surface area contributed by atoms with Crippen LogP contribution in [0.25, 0.3) is 0 Å². The van der Waals surface area contributed by atoms with E-state index in [4.69, 9.17) is 0 Å². The van der Waals surface area contributed by atoms with E-state index in [1.54, 1.807) is 12.1 Å². The van der Waals surface area contributed by atoms with E-state index in [0.717, 1.165) is 6.42 Å². The van der Waals surface area contributed by atoms with Crippen molar-refractivity contribution in [2.45, 2.75) is 51.9 Å². The first-order chi connectivity index (χ1) is 9.68. The average Bonchev–Trinajstić information content (AvgIpc) is 2.38. The normalized spacial score (nSPS) is 12.5. The summed E-state index contributed by atoms with van der Waals surface area (Å²) < 4.78 is 13.1. The molecule has 0 saturated carbocycles. The van der Waals surface area contributed by atoms with E-state index in [1.807, 2.05) is 12.1 Å². The van der Waals surface area contributed by atoms with Crippen LogP contribution in [0, 0.1) is 5.82 Å². The Morgan fingerprint density at radius 3 is 1.67 bits per heavy atom. The van der Waals surface area contributed by atoms with Gasteiger partial charge in [-0.3, -0.25) is 0 Å². The molecule has 112 valence electrons. The third kappa shape index (κ3) is 3.93. The first kappa shape index (κ1) is 15.8. The maximum absolute atomic E-state index is 13.1. The van der Waals surface area contributed by atoms with Gasteiger partial charge in [0.1, 0.15) is 5.82 Å². The summed E-state index contributed by atoms with van der Waals surface area (Å²) in [6.45, 7) is 11.1. The van der Waals surface area contributed by atoms with E-state index >= 15 is 0 Å². The van der Waals surface area contributed by atoms with E-state index in [0.29, 0.717) is 0 Å². The van der Waals surface area contributed by atoms with Crippen LogP contribution in [0.5, 0.6) is 0 Å². The fourth-order valence-electron chi connectivity index (χ4n) is 2.64. The summed E-state index contributed by atoms with van der Waals surface area (Å²) in [5.41, 5.74) is 4.02. The minimum Gasteiger partial charge on any atom is -0.207 e. The lowest BCUT2D eigenvalue weighted by atomic mass is 9.78. The van der Waals surface area contributed by atoms with Crippen LogP contribution >= 0.6 is 0 Å². The second kappa shape index (κ2) is 5.63. The van der Waals surface area contributed by atoms with Gasteiger partial charge < -0.3 is 0 Å². The van der Waals surface area contributed by atoms with Gasteiger partial charge in [-0.2, -0.15) is 0 Å². The molecule has 0 radical (unpaired) electrons. The van der Waals surface area contributed by atoms with Crippen molar-refractivity contribution in [2.24, 2.45) is 0 Å². The van der Waals surface area contributed by atoms with Crippen molar-refractivity contribution in [3.8, 4) is 0 Å². The van der Waals surface area contributed by atoms with Crippen LogP contribution in [-0.4, -0.2) is 0 Å². The lowest BCUT2D eigenvalue weighted by Crippen LogP contribution is -2.20. The molecule has 0 aliphatic carbocycles. The third-order valence-electron chi connectivity index (χ3n) is 4.09. The van der Waals surface area contributed by atoms with Crippen LogP contribution in [0.3, 0.4) is 0 Å². The second-order valence-electron chi connectivity index (χ2n) is 7.51. The molecule has 0 saturated heterocycles. The van der Waals surface area contributed by atoms with Gasteiger partial charge in [0.05, 0.1) is 0 Å². The van der Waals surface area contributed by atoms with Crippen LogP contribution in [0.2, 0.25) is 0 Å². The molecule has 2 aromatic rings. The largest absolute Gasteiger partial charge is 0.207 e. The zero-order valence-corrected chi connectivity index (χ0v) is 13.7. The number of halogens is 1. The summed E-state index contributed by atoms with van der Waals surface area (Å²) in [4.78, 5) is 0. The maximum Gasteiger partial charge on any atom is 0.123 e. The van der Waals surface area contributed by atoms with Gasteiger partial charge in [0, 0.05) is 0 Å². The summed E-state index contributed by atoms with van der Waals surface area (Å²) in [6.07, 6.45) is 0.947. The third-order valence-corrected chi connectivity index (χ3v) is 4.09. The van der Waals surface area contributed by atoms with Gasteiger partial charge in [0.25, 0.3) is 0 Å². The molecule has 0 bridgehead atoms. The molecule has 0 aliphatic rings. The molecule has 0 nitrogen and oxygen atoms in total. The molecule has 21 heavy (non-hydrogen) atoms. The van der Waals surface area contributed by atoms with E-state index in [2.05, 4.69) is 58.9 Å². The molecule has 0 aromatic heterocycles. The van der Waals surface area contributed by atoms with Crippen LogP contribution in [-0.2, 0) is 17.3 Å². The standard InChI is InChI=1S/C20H25F/c1-19(2,3)16-8-6-15(7-9-16)14-20(4,5)17-10-12-18(21)13-11-17/h6-13H,14H2,1-5H3. The van der Waals surface area contributed by atoms with Crippen LogP contribution < -0.4 is 0 Å². The van der Waals surface area contributed by atoms with Crippen LogP contribution in [0.4, 0.5) is 4.39 Å². The fraction of sp³-hybridized carbons (Fsp3) is 0.400. The van der Waals surface area contributed by atoms with E-state index in [9.17, 15) is 4.39 Å². The predicted octanol–water partition coefficient (Wildman–Crippen LogP) is 5.64. The van der Waals surface area contributed by atoms with Crippen LogP contribution in [0.1, 0.15) is 51.3 Å². The van der Waals surface area contributed by atoms with Gasteiger partial charge in [0.2, 0.25) is 0 Å². The maximum atomic E-state index is 13.1. The number of hydrogen-bond donors (Lipinski definition) is 0. The molecule has 0 N–H and O–H groups in total. The van der Waals surface area contributed by atoms with Crippen molar-refractivity contribution >= 4 is 0 Å². The molecule has 2 rings (SSSR count). The van der Waals surface area contributed by atoms with E-state index in [-0.39, 0.29) is 16.6 Å². The summed E-state index contributed by atoms with van der Waals surface area (Å²) in [6, 6.07) is 15.7. The Morgan fingerprint density at radius 2 is 1.19 bits per heavy atom. The van der Waals surface area contributed by atoms with E-state index < -0.39 is 0 Å². The molecular weight excluding hydrogens is 259 g/mol. The molecule has 0 unspecified atom stereocenters. The van der Waals surface area contributed by atoms with E-state index in [1.165, 1.54) is 16.7 Å². The highest BCUT2D eigenvalue weighted by Gasteiger charge is 2.21. The molecule has 0 fully saturated rings. The van der Waals surface area contributed by atoms with Gasteiger partial charge >= 0.3 is 0 Å². The summed E-state index contributed by atoms with van der Waals surface area (Å²) in [5.74, 6) is -0.177. The highest BCUT2D eigenvalue weighted by atomic mass is 19.1. The molecule has 2 aromatic carbocycles. The monoisotopic (exact) mass is 284 g/mol. The Kier molecular flexibility index (Phi) is 4.22. The molecule has 0 spiro atoms. The molecule has 0 amide bonds. The van der Waals surface area contributed by atoms with Crippen molar-refractivity contribution in [2.75, 3.05) is 0 Å². The Morgan fingerprint density at radius 1 is 0.714 bits per heavy atom. The Hall–Kier alpha value is -1.63. The van der Waals surface area contributed by atoms with Crippen LogP contribution in [0.15, 0.2) is 48.5 Å². The van der Waals surface area contributed by atoms with Gasteiger partial charge in [-0.15, -0.1) is 0 Å². The predicted molar refractivity (Wildman–Crippen MR) is 88.3 cm³/mol. The second-order valence-corrected chi connectivity index (χ2v) is 7.51. The van der Waals surface area contributed by atoms with Crippen molar-refractivity contribution in [3.05, 3.63) is 71.0 Å². The molecular formula is C20H25F. The summed E-state index contributed by atoms with van der Waals surface area (Å²) in [7, 11) is 0. The first-order valence-corrected chi connectivity index (χ1v) is 7.54. The van der Waals surface area contributed by atoms with Gasteiger partial charge in [-0.1, -0.05) is 71.0 Å². The minimum atomic E-state index is -0.177. The fourth-order valence-corrected chi connectivity index (χ4v) is 2.64. The number of rotatable bonds is 3. The first-order valence-electron chi connectivity index (χ1n) is 7.54. The highest BCUT2D eigenvalue weighted by Crippen LogP contribution is 2.29. The van der Waals surface area contributed by atoms with Crippen molar-refractivity contribution < 1.29 is 4.39 Å². The number of benzene rings is 2. The van der Waals surface area contributed by atoms with Crippen molar-refractivity contribution in [1.29, 1.82) is 0 Å². The molecule has 0 heterocycles. The highest BCUT2D eigenvalue weighted by molar-refractivity contribution is 5.31. The van der Waals surface area contributed by atoms with Gasteiger partial charge in [-0.05, 0) is 46.1 Å². The van der Waals surface area contributed by atoms with Crippen molar-refractivity contribution in [3.63, 3.8) is 0 Å². The Labute approximate surface area is 128 Å². The summed E-state index contributed by atoms with van der Waals surface area (Å²) in [5, 5.41) is 0. The Bertz CT molecular complexity index is 583. The quantitative estimate of drug-likeness (QED) is 0.684. The minimum absolute atomic E-state index is 0.00303. The average molecular weight is 284 g/mol. The summed E-state index contributed by atoms with van der Waals surface area (Å²) >= 11 is 0. The van der Waals surface area contributed by atoms with Gasteiger partial charge in [0.15, 0.2) is 0 Å². The lowest BCUT2D eigenvalue weighted by Gasteiger charge is -2.26. The van der Waals surface area contributed by atoms with Gasteiger partial charge in [-0.25, -0.2) is 4.39 Å². The smallest absolute Gasteiger partial charge is 0.123 e. The topological polar surface area (TPSA) is 0 Å². The lowest BCUT2D eigenvalue weighted by molar-refractivity contribution is 0.519. The zero-order chi connectivity index (χ0) is 15.7. The number of hydrogen-bond acceptors (Lipinski definition) is 0. The molecule has 0 aliphatic heterocycles.